The molecule has 1 aromatic heterocycles. The lowest BCUT2D eigenvalue weighted by Gasteiger charge is -2.08. The number of carbonyl (C=O) groups excluding carboxylic acids is 1. The number of nitrogens with one attached hydrogen (secondary N) is 1. The minimum absolute atomic E-state index is 0.0193. The van der Waals surface area contributed by atoms with Crippen LogP contribution in [0.15, 0.2) is 6.07 Å². The lowest BCUT2D eigenvalue weighted by molar-refractivity contribution is 0.0949. The maximum Gasteiger partial charge on any atom is 0.262 e. The summed E-state index contributed by atoms with van der Waals surface area (Å²) in [5.74, 6) is 2.57. The van der Waals surface area contributed by atoms with Crippen LogP contribution < -0.4 is 5.32 Å². The molecule has 1 N–H and O–H groups in total. The van der Waals surface area contributed by atoms with Gasteiger partial charge < -0.3 is 5.32 Å². The molecular formula is C14H17NOS. The van der Waals surface area contributed by atoms with Crippen molar-refractivity contribution < 1.29 is 4.79 Å². The van der Waals surface area contributed by atoms with Crippen LogP contribution in [-0.2, 0) is 12.8 Å². The van der Waals surface area contributed by atoms with Crippen LogP contribution >= 0.6 is 11.3 Å². The number of carbonyl (C=O) groups is 1. The van der Waals surface area contributed by atoms with Crippen molar-refractivity contribution in [3.8, 4) is 12.3 Å². The maximum absolute atomic E-state index is 12.0. The molecule has 1 atom stereocenters. The van der Waals surface area contributed by atoms with Gasteiger partial charge in [-0.2, -0.15) is 0 Å². The van der Waals surface area contributed by atoms with Gasteiger partial charge in [0.15, 0.2) is 0 Å². The molecule has 2 nitrogen and oxygen atoms in total. The van der Waals surface area contributed by atoms with E-state index in [0.29, 0.717) is 0 Å². The highest BCUT2D eigenvalue weighted by Crippen LogP contribution is 2.29. The minimum atomic E-state index is -0.151. The number of amides is 1. The van der Waals surface area contributed by atoms with Crippen molar-refractivity contribution in [1.82, 2.24) is 5.32 Å². The molecule has 2 rings (SSSR count). The molecule has 1 aliphatic carbocycles. The standard InChI is InChI=1S/C14H17NOS/c1-3-11(4-2)15-14(16)13-9-10-7-5-6-8-12(10)17-13/h1,9,11H,4-8H2,2H3,(H,15,16). The first-order valence-electron chi connectivity index (χ1n) is 6.13. The molecule has 1 aliphatic rings. The van der Waals surface area contributed by atoms with E-state index in [2.05, 4.69) is 11.2 Å². The van der Waals surface area contributed by atoms with Gasteiger partial charge in [0.1, 0.15) is 0 Å². The highest BCUT2D eigenvalue weighted by Gasteiger charge is 2.18. The second-order valence-corrected chi connectivity index (χ2v) is 5.50. The van der Waals surface area contributed by atoms with Crippen molar-refractivity contribution in [3.05, 3.63) is 21.4 Å². The van der Waals surface area contributed by atoms with Gasteiger partial charge in [-0.25, -0.2) is 0 Å². The predicted octanol–water partition coefficient (Wildman–Crippen LogP) is 2.77. The molecule has 1 unspecified atom stereocenters. The van der Waals surface area contributed by atoms with Gasteiger partial charge in [0.2, 0.25) is 0 Å². The number of hydrogen-bond donors (Lipinski definition) is 1. The fraction of sp³-hybridized carbons (Fsp3) is 0.500. The van der Waals surface area contributed by atoms with E-state index in [9.17, 15) is 4.79 Å². The maximum atomic E-state index is 12.0. The topological polar surface area (TPSA) is 29.1 Å². The van der Waals surface area contributed by atoms with E-state index >= 15 is 0 Å². The molecule has 0 aliphatic heterocycles. The summed E-state index contributed by atoms with van der Waals surface area (Å²) in [5, 5.41) is 2.88. The Hall–Kier alpha value is -1.27. The van der Waals surface area contributed by atoms with E-state index in [1.165, 1.54) is 23.3 Å². The van der Waals surface area contributed by atoms with Crippen molar-refractivity contribution in [2.24, 2.45) is 0 Å². The Balaban J connectivity index is 2.09. The summed E-state index contributed by atoms with van der Waals surface area (Å²) in [5.41, 5.74) is 1.36. The van der Waals surface area contributed by atoms with Crippen molar-refractivity contribution in [3.63, 3.8) is 0 Å². The van der Waals surface area contributed by atoms with E-state index in [4.69, 9.17) is 6.42 Å². The molecule has 1 amide bonds. The zero-order valence-electron chi connectivity index (χ0n) is 10.1. The largest absolute Gasteiger partial charge is 0.338 e. The number of aryl methyl sites for hydroxylation is 2. The van der Waals surface area contributed by atoms with Crippen molar-refractivity contribution >= 4 is 17.2 Å². The fourth-order valence-electron chi connectivity index (χ4n) is 2.09. The molecule has 0 bridgehead atoms. The average molecular weight is 247 g/mol. The molecule has 90 valence electrons. The van der Waals surface area contributed by atoms with Crippen LogP contribution in [-0.4, -0.2) is 11.9 Å². The SMILES string of the molecule is C#CC(CC)NC(=O)c1cc2c(s1)CCCC2. The lowest BCUT2D eigenvalue weighted by atomic mass is 9.99. The zero-order chi connectivity index (χ0) is 12.3. The number of hydrogen-bond acceptors (Lipinski definition) is 2. The average Bonchev–Trinajstić information content (AvgIpc) is 2.79. The zero-order valence-corrected chi connectivity index (χ0v) is 10.9. The van der Waals surface area contributed by atoms with Gasteiger partial charge in [0.05, 0.1) is 10.9 Å². The lowest BCUT2D eigenvalue weighted by Crippen LogP contribution is -2.32. The summed E-state index contributed by atoms with van der Waals surface area (Å²) in [6.45, 7) is 1.98. The summed E-state index contributed by atoms with van der Waals surface area (Å²) >= 11 is 1.63. The van der Waals surface area contributed by atoms with E-state index in [0.717, 1.165) is 24.1 Å². The quantitative estimate of drug-likeness (QED) is 0.818. The molecule has 0 spiro atoms. The summed E-state index contributed by atoms with van der Waals surface area (Å²) in [7, 11) is 0. The van der Waals surface area contributed by atoms with Gasteiger partial charge in [-0.15, -0.1) is 17.8 Å². The normalized spacial score (nSPS) is 15.8. The van der Waals surface area contributed by atoms with Crippen molar-refractivity contribution in [1.29, 1.82) is 0 Å². The highest BCUT2D eigenvalue weighted by molar-refractivity contribution is 7.14. The van der Waals surface area contributed by atoms with Crippen LogP contribution in [0.3, 0.4) is 0 Å². The van der Waals surface area contributed by atoms with Crippen LogP contribution in [0.4, 0.5) is 0 Å². The Kier molecular flexibility index (Phi) is 3.86. The third-order valence-electron chi connectivity index (χ3n) is 3.14. The Morgan fingerprint density at radius 1 is 1.59 bits per heavy atom. The van der Waals surface area contributed by atoms with Gasteiger partial charge in [-0.1, -0.05) is 12.8 Å². The summed E-state index contributed by atoms with van der Waals surface area (Å²) < 4.78 is 0. The first kappa shape index (κ1) is 12.2. The highest BCUT2D eigenvalue weighted by atomic mass is 32.1. The number of fused-ring (bicyclic) bond motifs is 1. The van der Waals surface area contributed by atoms with E-state index in [1.54, 1.807) is 11.3 Å². The fourth-order valence-corrected chi connectivity index (χ4v) is 3.25. The van der Waals surface area contributed by atoms with Crippen molar-refractivity contribution in [2.45, 2.75) is 45.1 Å². The van der Waals surface area contributed by atoms with Crippen LogP contribution in [0.25, 0.3) is 0 Å². The van der Waals surface area contributed by atoms with Crippen LogP contribution in [0.1, 0.15) is 46.3 Å². The third-order valence-corrected chi connectivity index (χ3v) is 4.37. The van der Waals surface area contributed by atoms with Gasteiger partial charge in [0.25, 0.3) is 5.91 Å². The monoisotopic (exact) mass is 247 g/mol. The molecule has 0 fully saturated rings. The predicted molar refractivity (Wildman–Crippen MR) is 71.3 cm³/mol. The Morgan fingerprint density at radius 3 is 3.00 bits per heavy atom. The number of terminal acetylenes is 1. The number of rotatable bonds is 3. The van der Waals surface area contributed by atoms with Gasteiger partial charge in [-0.3, -0.25) is 4.79 Å². The Morgan fingerprint density at radius 2 is 2.35 bits per heavy atom. The molecule has 1 heterocycles. The second-order valence-electron chi connectivity index (χ2n) is 4.37. The molecule has 0 saturated heterocycles. The second kappa shape index (κ2) is 5.37. The first-order chi connectivity index (χ1) is 8.24. The van der Waals surface area contributed by atoms with Crippen molar-refractivity contribution in [2.75, 3.05) is 0 Å². The smallest absolute Gasteiger partial charge is 0.262 e. The number of thiophene rings is 1. The van der Waals surface area contributed by atoms with E-state index in [1.807, 2.05) is 13.0 Å². The molecule has 0 saturated carbocycles. The third kappa shape index (κ3) is 2.70. The molecule has 0 aromatic carbocycles. The molecule has 1 aromatic rings. The molecular weight excluding hydrogens is 230 g/mol. The summed E-state index contributed by atoms with van der Waals surface area (Å²) in [4.78, 5) is 14.2. The van der Waals surface area contributed by atoms with Gasteiger partial charge in [-0.05, 0) is 43.7 Å². The molecule has 3 heteroatoms. The summed E-state index contributed by atoms with van der Waals surface area (Å²) in [6.07, 6.45) is 10.8. The Bertz CT molecular complexity index is 432. The van der Waals surface area contributed by atoms with Crippen LogP contribution in [0, 0.1) is 12.3 Å². The van der Waals surface area contributed by atoms with E-state index < -0.39 is 0 Å². The first-order valence-corrected chi connectivity index (χ1v) is 6.94. The minimum Gasteiger partial charge on any atom is -0.338 e. The summed E-state index contributed by atoms with van der Waals surface area (Å²) in [6, 6.07) is 1.89. The van der Waals surface area contributed by atoms with E-state index in [-0.39, 0.29) is 11.9 Å². The Labute approximate surface area is 106 Å². The van der Waals surface area contributed by atoms with Crippen LogP contribution in [0.2, 0.25) is 0 Å². The van der Waals surface area contributed by atoms with Gasteiger partial charge in [0, 0.05) is 4.88 Å². The molecule has 0 radical (unpaired) electrons. The van der Waals surface area contributed by atoms with Crippen LogP contribution in [0.5, 0.6) is 0 Å². The molecule has 17 heavy (non-hydrogen) atoms. The van der Waals surface area contributed by atoms with Gasteiger partial charge >= 0.3 is 0 Å².